The van der Waals surface area contributed by atoms with Crippen molar-refractivity contribution in [2.45, 2.75) is 27.7 Å². The van der Waals surface area contributed by atoms with Gasteiger partial charge in [-0.3, -0.25) is 0 Å². The van der Waals surface area contributed by atoms with E-state index < -0.39 is 0 Å². The maximum atomic E-state index is 10.6. The Bertz CT molecular complexity index is 875. The van der Waals surface area contributed by atoms with Crippen LogP contribution in [0.25, 0.3) is 22.3 Å². The van der Waals surface area contributed by atoms with Crippen LogP contribution in [0.5, 0.6) is 5.75 Å². The first-order valence-corrected chi connectivity index (χ1v) is 7.94. The van der Waals surface area contributed by atoms with E-state index in [1.807, 2.05) is 12.1 Å². The van der Waals surface area contributed by atoms with Crippen molar-refractivity contribution in [3.05, 3.63) is 76.9 Å². The minimum Gasteiger partial charge on any atom is -0.507 e. The monoisotopic (exact) mass is 302 g/mol. The van der Waals surface area contributed by atoms with Crippen molar-refractivity contribution < 1.29 is 5.11 Å². The van der Waals surface area contributed by atoms with E-state index in [2.05, 4.69) is 70.2 Å². The van der Waals surface area contributed by atoms with E-state index in [1.54, 1.807) is 0 Å². The van der Waals surface area contributed by atoms with Crippen LogP contribution in [0, 0.1) is 27.7 Å². The van der Waals surface area contributed by atoms with Crippen molar-refractivity contribution in [1.82, 2.24) is 0 Å². The molecule has 0 aliphatic carbocycles. The molecule has 0 atom stereocenters. The minimum absolute atomic E-state index is 0.331. The van der Waals surface area contributed by atoms with Gasteiger partial charge >= 0.3 is 0 Å². The van der Waals surface area contributed by atoms with Gasteiger partial charge in [0.2, 0.25) is 0 Å². The second kappa shape index (κ2) is 5.92. The Morgan fingerprint density at radius 2 is 1.13 bits per heavy atom. The molecule has 0 aliphatic heterocycles. The van der Waals surface area contributed by atoms with E-state index in [4.69, 9.17) is 0 Å². The fraction of sp³-hybridized carbons (Fsp3) is 0.182. The Morgan fingerprint density at radius 1 is 0.565 bits per heavy atom. The van der Waals surface area contributed by atoms with Gasteiger partial charge in [-0.25, -0.2) is 0 Å². The number of hydrogen-bond acceptors (Lipinski definition) is 1. The molecule has 1 heteroatoms. The molecule has 3 aromatic carbocycles. The van der Waals surface area contributed by atoms with Gasteiger partial charge in [0.25, 0.3) is 0 Å². The topological polar surface area (TPSA) is 20.2 Å². The number of aryl methyl sites for hydroxylation is 4. The summed E-state index contributed by atoms with van der Waals surface area (Å²) in [4.78, 5) is 0. The third kappa shape index (κ3) is 3.00. The van der Waals surface area contributed by atoms with Gasteiger partial charge in [-0.15, -0.1) is 0 Å². The molecule has 0 aromatic heterocycles. The van der Waals surface area contributed by atoms with Crippen molar-refractivity contribution in [3.8, 4) is 28.0 Å². The Hall–Kier alpha value is -2.54. The van der Waals surface area contributed by atoms with E-state index in [0.29, 0.717) is 5.75 Å². The summed E-state index contributed by atoms with van der Waals surface area (Å²) in [5.41, 5.74) is 9.02. The lowest BCUT2D eigenvalue weighted by atomic mass is 9.93. The number of aromatic hydroxyl groups is 1. The van der Waals surface area contributed by atoms with Gasteiger partial charge in [-0.05, 0) is 61.6 Å². The molecule has 0 saturated heterocycles. The maximum absolute atomic E-state index is 10.6. The highest BCUT2D eigenvalue weighted by Crippen LogP contribution is 2.36. The van der Waals surface area contributed by atoms with Crippen LogP contribution >= 0.6 is 0 Å². The molecular formula is C22H22O. The molecule has 3 aromatic rings. The Balaban J connectivity index is 2.11. The van der Waals surface area contributed by atoms with Gasteiger partial charge in [0, 0.05) is 5.56 Å². The van der Waals surface area contributed by atoms with Crippen molar-refractivity contribution in [2.24, 2.45) is 0 Å². The Morgan fingerprint density at radius 3 is 1.74 bits per heavy atom. The summed E-state index contributed by atoms with van der Waals surface area (Å²) in [5, 5.41) is 10.6. The van der Waals surface area contributed by atoms with Crippen LogP contribution in [-0.4, -0.2) is 5.11 Å². The van der Waals surface area contributed by atoms with Crippen molar-refractivity contribution in [1.29, 1.82) is 0 Å². The zero-order valence-electron chi connectivity index (χ0n) is 14.1. The molecule has 0 radical (unpaired) electrons. The summed E-state index contributed by atoms with van der Waals surface area (Å²) in [6.07, 6.45) is 0. The van der Waals surface area contributed by atoms with Gasteiger partial charge in [0.05, 0.1) is 0 Å². The highest BCUT2D eigenvalue weighted by molar-refractivity contribution is 5.79. The first-order chi connectivity index (χ1) is 11.0. The van der Waals surface area contributed by atoms with Crippen LogP contribution in [0.1, 0.15) is 22.3 Å². The van der Waals surface area contributed by atoms with E-state index in [1.165, 1.54) is 27.8 Å². The van der Waals surface area contributed by atoms with Gasteiger partial charge in [-0.2, -0.15) is 0 Å². The Labute approximate surface area is 138 Å². The molecule has 0 heterocycles. The molecule has 116 valence electrons. The lowest BCUT2D eigenvalue weighted by molar-refractivity contribution is 0.477. The lowest BCUT2D eigenvalue weighted by Gasteiger charge is -2.13. The van der Waals surface area contributed by atoms with Gasteiger partial charge < -0.3 is 5.11 Å². The van der Waals surface area contributed by atoms with Crippen LogP contribution in [0.4, 0.5) is 0 Å². The molecule has 0 aliphatic rings. The molecule has 1 N–H and O–H groups in total. The van der Waals surface area contributed by atoms with Crippen molar-refractivity contribution in [2.75, 3.05) is 0 Å². The predicted octanol–water partition coefficient (Wildman–Crippen LogP) is 5.96. The summed E-state index contributed by atoms with van der Waals surface area (Å²) in [6, 6.07) is 18.7. The SMILES string of the molecule is Cc1ccc(C)c(-c2ccc(-c3cc(C)ccc3C)c(O)c2)c1. The zero-order chi connectivity index (χ0) is 16.6. The second-order valence-electron chi connectivity index (χ2n) is 6.37. The molecule has 0 fully saturated rings. The van der Waals surface area contributed by atoms with Crippen LogP contribution in [0.3, 0.4) is 0 Å². The van der Waals surface area contributed by atoms with Crippen molar-refractivity contribution in [3.63, 3.8) is 0 Å². The molecule has 1 nitrogen and oxygen atoms in total. The van der Waals surface area contributed by atoms with E-state index in [-0.39, 0.29) is 0 Å². The average Bonchev–Trinajstić information content (AvgIpc) is 2.52. The quantitative estimate of drug-likeness (QED) is 0.619. The van der Waals surface area contributed by atoms with E-state index in [0.717, 1.165) is 16.7 Å². The molecule has 0 spiro atoms. The number of benzene rings is 3. The smallest absolute Gasteiger partial charge is 0.124 e. The average molecular weight is 302 g/mol. The normalized spacial score (nSPS) is 10.8. The predicted molar refractivity (Wildman–Crippen MR) is 97.9 cm³/mol. The van der Waals surface area contributed by atoms with Crippen LogP contribution in [-0.2, 0) is 0 Å². The lowest BCUT2D eigenvalue weighted by Crippen LogP contribution is -1.88. The number of phenols is 1. The zero-order valence-corrected chi connectivity index (χ0v) is 14.1. The minimum atomic E-state index is 0.331. The number of phenolic OH excluding ortho intramolecular Hbond substituents is 1. The van der Waals surface area contributed by atoms with E-state index >= 15 is 0 Å². The number of rotatable bonds is 2. The molecule has 0 unspecified atom stereocenters. The summed E-state index contributed by atoms with van der Waals surface area (Å²) in [7, 11) is 0. The van der Waals surface area contributed by atoms with Crippen LogP contribution < -0.4 is 0 Å². The highest BCUT2D eigenvalue weighted by Gasteiger charge is 2.10. The fourth-order valence-corrected chi connectivity index (χ4v) is 3.00. The second-order valence-corrected chi connectivity index (χ2v) is 6.37. The third-order valence-electron chi connectivity index (χ3n) is 4.39. The number of hydrogen-bond donors (Lipinski definition) is 1. The summed E-state index contributed by atoms with van der Waals surface area (Å²) in [5.74, 6) is 0.331. The van der Waals surface area contributed by atoms with Crippen LogP contribution in [0.15, 0.2) is 54.6 Å². The van der Waals surface area contributed by atoms with Crippen LogP contribution in [0.2, 0.25) is 0 Å². The van der Waals surface area contributed by atoms with Gasteiger partial charge in [0.15, 0.2) is 0 Å². The summed E-state index contributed by atoms with van der Waals surface area (Å²) in [6.45, 7) is 8.34. The molecular weight excluding hydrogens is 280 g/mol. The third-order valence-corrected chi connectivity index (χ3v) is 4.39. The first kappa shape index (κ1) is 15.4. The molecule has 0 amide bonds. The molecule has 23 heavy (non-hydrogen) atoms. The highest BCUT2D eigenvalue weighted by atomic mass is 16.3. The van der Waals surface area contributed by atoms with Gasteiger partial charge in [-0.1, -0.05) is 59.7 Å². The van der Waals surface area contributed by atoms with E-state index in [9.17, 15) is 5.11 Å². The molecule has 0 saturated carbocycles. The largest absolute Gasteiger partial charge is 0.507 e. The summed E-state index contributed by atoms with van der Waals surface area (Å²) >= 11 is 0. The Kier molecular flexibility index (Phi) is 3.96. The summed E-state index contributed by atoms with van der Waals surface area (Å²) < 4.78 is 0. The fourth-order valence-electron chi connectivity index (χ4n) is 3.00. The standard InChI is InChI=1S/C22H22O/c1-14-5-7-16(3)20(11-14)18-9-10-19(22(23)13-18)21-12-15(2)6-8-17(21)4/h5-13,23H,1-4H3. The maximum Gasteiger partial charge on any atom is 0.124 e. The molecule has 3 rings (SSSR count). The molecule has 0 bridgehead atoms. The first-order valence-electron chi connectivity index (χ1n) is 7.94. The van der Waals surface area contributed by atoms with Crippen molar-refractivity contribution >= 4 is 0 Å². The van der Waals surface area contributed by atoms with Gasteiger partial charge in [0.1, 0.15) is 5.75 Å².